The number of nitrogens with zero attached hydrogens (tertiary/aromatic N) is 2. The van der Waals surface area contributed by atoms with E-state index in [0.717, 1.165) is 11.3 Å². The zero-order valence-electron chi connectivity index (χ0n) is 18.4. The number of carbonyl (C=O) groups excluding carboxylic acids is 2. The minimum Gasteiger partial charge on any atom is -0.507 e. The molecule has 4 rings (SSSR count). The van der Waals surface area contributed by atoms with Crippen molar-refractivity contribution in [3.8, 4) is 5.75 Å². The molecule has 1 atom stereocenters. The smallest absolute Gasteiger partial charge is 0.295 e. The number of aliphatic hydroxyl groups excluding tert-OH is 1. The Hall–Kier alpha value is -4.46. The largest absolute Gasteiger partial charge is 0.507 e. The highest BCUT2D eigenvalue weighted by atomic mass is 16.6. The molecule has 0 radical (unpaired) electrons. The molecule has 8 heteroatoms. The predicted molar refractivity (Wildman–Crippen MR) is 125 cm³/mol. The molecule has 0 spiro atoms. The molecule has 0 bridgehead atoms. The molecule has 1 aliphatic rings. The molecule has 1 heterocycles. The molecule has 1 saturated heterocycles. The fourth-order valence-electron chi connectivity index (χ4n) is 4.03. The van der Waals surface area contributed by atoms with E-state index in [1.807, 2.05) is 30.3 Å². The van der Waals surface area contributed by atoms with Gasteiger partial charge < -0.3 is 14.7 Å². The van der Waals surface area contributed by atoms with Crippen LogP contribution in [0.15, 0.2) is 84.4 Å². The number of hydrogen-bond acceptors (Lipinski definition) is 6. The number of ketones is 1. The second kappa shape index (κ2) is 9.58. The van der Waals surface area contributed by atoms with Gasteiger partial charge in [-0.15, -0.1) is 0 Å². The number of nitro groups is 1. The molecule has 0 aliphatic carbocycles. The number of methoxy groups -OCH3 is 1. The van der Waals surface area contributed by atoms with Gasteiger partial charge in [-0.2, -0.15) is 0 Å². The van der Waals surface area contributed by atoms with E-state index in [1.54, 1.807) is 31.4 Å². The first-order chi connectivity index (χ1) is 16.4. The fraction of sp³-hybridized carbons (Fsp3) is 0.154. The van der Waals surface area contributed by atoms with Gasteiger partial charge in [0.25, 0.3) is 17.4 Å². The van der Waals surface area contributed by atoms with Gasteiger partial charge in [-0.05, 0) is 41.8 Å². The number of benzene rings is 3. The second-order valence-corrected chi connectivity index (χ2v) is 7.81. The molecule has 1 N–H and O–H groups in total. The van der Waals surface area contributed by atoms with Gasteiger partial charge in [0.2, 0.25) is 0 Å². The van der Waals surface area contributed by atoms with Crippen LogP contribution in [-0.2, 0) is 16.0 Å². The Labute approximate surface area is 195 Å². The maximum absolute atomic E-state index is 13.1. The lowest BCUT2D eigenvalue weighted by atomic mass is 9.95. The van der Waals surface area contributed by atoms with Crippen LogP contribution in [0.1, 0.15) is 22.7 Å². The van der Waals surface area contributed by atoms with Crippen LogP contribution in [-0.4, -0.2) is 40.3 Å². The summed E-state index contributed by atoms with van der Waals surface area (Å²) in [4.78, 5) is 37.9. The van der Waals surface area contributed by atoms with E-state index in [0.29, 0.717) is 12.0 Å². The number of amides is 1. The third-order valence-corrected chi connectivity index (χ3v) is 5.81. The summed E-state index contributed by atoms with van der Waals surface area (Å²) in [6, 6.07) is 20.9. The number of carbonyl (C=O) groups is 2. The number of nitro benzene ring substituents is 1. The van der Waals surface area contributed by atoms with E-state index in [1.165, 1.54) is 29.2 Å². The van der Waals surface area contributed by atoms with Gasteiger partial charge >= 0.3 is 0 Å². The van der Waals surface area contributed by atoms with Crippen LogP contribution in [0.4, 0.5) is 5.69 Å². The molecular formula is C26H22N2O6. The molecular weight excluding hydrogens is 436 g/mol. The molecule has 1 fully saturated rings. The second-order valence-electron chi connectivity index (χ2n) is 7.81. The lowest BCUT2D eigenvalue weighted by Crippen LogP contribution is -2.31. The summed E-state index contributed by atoms with van der Waals surface area (Å²) < 4.78 is 5.18. The Morgan fingerprint density at radius 1 is 1.00 bits per heavy atom. The quantitative estimate of drug-likeness (QED) is 0.186. The molecule has 3 aromatic rings. The van der Waals surface area contributed by atoms with Gasteiger partial charge in [-0.1, -0.05) is 42.5 Å². The number of hydrogen-bond donors (Lipinski definition) is 1. The first kappa shape index (κ1) is 22.7. The van der Waals surface area contributed by atoms with Crippen molar-refractivity contribution in [1.82, 2.24) is 4.90 Å². The lowest BCUT2D eigenvalue weighted by molar-refractivity contribution is -0.384. The Bertz CT molecular complexity index is 1250. The maximum Gasteiger partial charge on any atom is 0.295 e. The molecule has 34 heavy (non-hydrogen) atoms. The van der Waals surface area contributed by atoms with Crippen LogP contribution in [0.3, 0.4) is 0 Å². The van der Waals surface area contributed by atoms with E-state index < -0.39 is 22.7 Å². The van der Waals surface area contributed by atoms with Gasteiger partial charge in [0.1, 0.15) is 11.5 Å². The topological polar surface area (TPSA) is 110 Å². The van der Waals surface area contributed by atoms with E-state index >= 15 is 0 Å². The van der Waals surface area contributed by atoms with Crippen molar-refractivity contribution >= 4 is 23.1 Å². The zero-order valence-corrected chi connectivity index (χ0v) is 18.4. The number of Topliss-reactive ketones (excluding diaryl/α,β-unsaturated/α-hetero) is 1. The summed E-state index contributed by atoms with van der Waals surface area (Å²) in [7, 11) is 1.58. The summed E-state index contributed by atoms with van der Waals surface area (Å²) >= 11 is 0. The van der Waals surface area contributed by atoms with Crippen molar-refractivity contribution in [3.05, 3.63) is 111 Å². The first-order valence-electron chi connectivity index (χ1n) is 10.6. The number of likely N-dealkylation sites (tertiary alicyclic amines) is 1. The number of rotatable bonds is 7. The highest BCUT2D eigenvalue weighted by molar-refractivity contribution is 6.46. The molecule has 1 unspecified atom stereocenters. The normalized spacial score (nSPS) is 17.1. The van der Waals surface area contributed by atoms with Crippen LogP contribution in [0.5, 0.6) is 5.75 Å². The van der Waals surface area contributed by atoms with Crippen LogP contribution in [0.25, 0.3) is 5.76 Å². The minimum absolute atomic E-state index is 0.0419. The van der Waals surface area contributed by atoms with E-state index in [-0.39, 0.29) is 29.1 Å². The molecule has 0 aromatic heterocycles. The lowest BCUT2D eigenvalue weighted by Gasteiger charge is -2.25. The monoisotopic (exact) mass is 458 g/mol. The van der Waals surface area contributed by atoms with Gasteiger partial charge in [0, 0.05) is 24.2 Å². The SMILES string of the molecule is COc1ccc(CCN2C(=O)C(=O)/C(=C(\O)c3ccc([N+](=O)[O-])cc3)C2c2ccccc2)cc1. The zero-order chi connectivity index (χ0) is 24.2. The third-order valence-electron chi connectivity index (χ3n) is 5.81. The standard InChI is InChI=1S/C26H22N2O6/c1-34-21-13-7-17(8-14-21)15-16-27-23(18-5-3-2-4-6-18)22(25(30)26(27)31)24(29)19-9-11-20(12-10-19)28(32)33/h2-14,23,29H,15-16H2,1H3/b24-22-. The molecule has 8 nitrogen and oxygen atoms in total. The predicted octanol–water partition coefficient (Wildman–Crippen LogP) is 4.27. The summed E-state index contributed by atoms with van der Waals surface area (Å²) in [5, 5.41) is 22.0. The molecule has 1 amide bonds. The highest BCUT2D eigenvalue weighted by Gasteiger charge is 2.45. The minimum atomic E-state index is -0.792. The number of ether oxygens (including phenoxy) is 1. The first-order valence-corrected chi connectivity index (χ1v) is 10.6. The third kappa shape index (κ3) is 4.38. The van der Waals surface area contributed by atoms with Crippen molar-refractivity contribution in [1.29, 1.82) is 0 Å². The van der Waals surface area contributed by atoms with E-state index in [4.69, 9.17) is 4.74 Å². The van der Waals surface area contributed by atoms with E-state index in [2.05, 4.69) is 0 Å². The number of non-ortho nitro benzene ring substituents is 1. The Morgan fingerprint density at radius 3 is 2.24 bits per heavy atom. The molecule has 172 valence electrons. The number of aliphatic hydroxyl groups is 1. The average molecular weight is 458 g/mol. The van der Waals surface area contributed by atoms with Gasteiger partial charge in [-0.3, -0.25) is 19.7 Å². The molecule has 0 saturated carbocycles. The van der Waals surface area contributed by atoms with Gasteiger partial charge in [-0.25, -0.2) is 0 Å². The summed E-state index contributed by atoms with van der Waals surface area (Å²) in [5.41, 5.74) is 1.68. The van der Waals surface area contributed by atoms with Gasteiger partial charge in [0.05, 0.1) is 23.6 Å². The summed E-state index contributed by atoms with van der Waals surface area (Å²) in [5.74, 6) is -1.14. The van der Waals surface area contributed by atoms with Crippen LogP contribution >= 0.6 is 0 Å². The maximum atomic E-state index is 13.1. The Balaban J connectivity index is 1.72. The highest BCUT2D eigenvalue weighted by Crippen LogP contribution is 2.39. The van der Waals surface area contributed by atoms with E-state index in [9.17, 15) is 24.8 Å². The van der Waals surface area contributed by atoms with Crippen LogP contribution in [0.2, 0.25) is 0 Å². The Kier molecular flexibility index (Phi) is 6.40. The molecule has 3 aromatic carbocycles. The summed E-state index contributed by atoms with van der Waals surface area (Å²) in [6.45, 7) is 0.257. The average Bonchev–Trinajstić information content (AvgIpc) is 3.12. The van der Waals surface area contributed by atoms with Crippen LogP contribution in [0, 0.1) is 10.1 Å². The van der Waals surface area contributed by atoms with Crippen LogP contribution < -0.4 is 4.74 Å². The fourth-order valence-corrected chi connectivity index (χ4v) is 4.03. The van der Waals surface area contributed by atoms with Crippen molar-refractivity contribution in [2.24, 2.45) is 0 Å². The van der Waals surface area contributed by atoms with Crippen molar-refractivity contribution in [2.45, 2.75) is 12.5 Å². The van der Waals surface area contributed by atoms with Crippen molar-refractivity contribution in [2.75, 3.05) is 13.7 Å². The summed E-state index contributed by atoms with van der Waals surface area (Å²) in [6.07, 6.45) is 0.498. The van der Waals surface area contributed by atoms with Gasteiger partial charge in [0.15, 0.2) is 0 Å². The van der Waals surface area contributed by atoms with Crippen molar-refractivity contribution in [3.63, 3.8) is 0 Å². The van der Waals surface area contributed by atoms with Crippen molar-refractivity contribution < 1.29 is 24.4 Å². The molecule has 1 aliphatic heterocycles. The Morgan fingerprint density at radius 2 is 1.65 bits per heavy atom.